The number of methoxy groups -OCH3 is 1. The number of benzene rings is 2. The van der Waals surface area contributed by atoms with Crippen molar-refractivity contribution in [2.24, 2.45) is 0 Å². The average Bonchev–Trinajstić information content (AvgIpc) is 3.18. The Bertz CT molecular complexity index is 1000. The number of amides is 1. The van der Waals surface area contributed by atoms with Crippen molar-refractivity contribution >= 4 is 39.1 Å². The minimum atomic E-state index is -0.466. The minimum absolute atomic E-state index is 0.141. The summed E-state index contributed by atoms with van der Waals surface area (Å²) in [6, 6.07) is 15.2. The molecule has 0 saturated carbocycles. The van der Waals surface area contributed by atoms with Crippen LogP contribution in [0.2, 0.25) is 0 Å². The van der Waals surface area contributed by atoms with Crippen molar-refractivity contribution in [3.63, 3.8) is 0 Å². The van der Waals surface area contributed by atoms with Crippen molar-refractivity contribution in [3.05, 3.63) is 59.1 Å². The van der Waals surface area contributed by atoms with Gasteiger partial charge in [0.05, 0.1) is 41.2 Å². The van der Waals surface area contributed by atoms with Gasteiger partial charge in [0.15, 0.2) is 0 Å². The van der Waals surface area contributed by atoms with Gasteiger partial charge in [-0.15, -0.1) is 11.3 Å². The van der Waals surface area contributed by atoms with Gasteiger partial charge in [0.2, 0.25) is 5.91 Å². The van der Waals surface area contributed by atoms with Gasteiger partial charge in [0, 0.05) is 0 Å². The van der Waals surface area contributed by atoms with E-state index in [-0.39, 0.29) is 18.5 Å². The Hall–Kier alpha value is -2.77. The molecule has 4 rings (SSSR count). The first-order valence-corrected chi connectivity index (χ1v) is 10.5. The molecule has 2 aromatic carbocycles. The number of nitrogens with zero attached hydrogens (tertiary/aromatic N) is 2. The van der Waals surface area contributed by atoms with Crippen LogP contribution in [-0.2, 0) is 9.53 Å². The molecule has 6 nitrogen and oxygen atoms in total. The normalized spacial score (nSPS) is 17.2. The van der Waals surface area contributed by atoms with Crippen molar-refractivity contribution in [1.29, 1.82) is 0 Å². The molecule has 1 N–H and O–H groups in total. The lowest BCUT2D eigenvalue weighted by molar-refractivity contribution is -0.118. The van der Waals surface area contributed by atoms with E-state index in [9.17, 15) is 9.59 Å². The fourth-order valence-electron chi connectivity index (χ4n) is 3.75. The maximum atomic E-state index is 12.8. The SMILES string of the molecule is COC(=O)c1ccccc1NC(=O)CN1CCCC[C@@H]1c1nc2ccccc2s1. The molecule has 1 amide bonds. The van der Waals surface area contributed by atoms with Gasteiger partial charge in [-0.25, -0.2) is 9.78 Å². The molecule has 0 aliphatic carbocycles. The highest BCUT2D eigenvalue weighted by molar-refractivity contribution is 7.18. The van der Waals surface area contributed by atoms with Gasteiger partial charge >= 0.3 is 5.97 Å². The number of ether oxygens (including phenoxy) is 1. The van der Waals surface area contributed by atoms with Crippen molar-refractivity contribution in [3.8, 4) is 0 Å². The van der Waals surface area contributed by atoms with Gasteiger partial charge < -0.3 is 10.1 Å². The van der Waals surface area contributed by atoms with E-state index in [4.69, 9.17) is 9.72 Å². The summed E-state index contributed by atoms with van der Waals surface area (Å²) >= 11 is 1.70. The summed E-state index contributed by atoms with van der Waals surface area (Å²) in [5.41, 5.74) is 1.83. The maximum Gasteiger partial charge on any atom is 0.339 e. The van der Waals surface area contributed by atoms with Crippen LogP contribution in [0.3, 0.4) is 0 Å². The fourth-order valence-corrected chi connectivity index (χ4v) is 4.88. The number of piperidine rings is 1. The highest BCUT2D eigenvalue weighted by atomic mass is 32.1. The summed E-state index contributed by atoms with van der Waals surface area (Å²) in [6.07, 6.45) is 3.18. The van der Waals surface area contributed by atoms with Crippen LogP contribution in [0.15, 0.2) is 48.5 Å². The van der Waals surface area contributed by atoms with Crippen LogP contribution in [0.4, 0.5) is 5.69 Å². The van der Waals surface area contributed by atoms with Gasteiger partial charge in [0.25, 0.3) is 0 Å². The summed E-state index contributed by atoms with van der Waals surface area (Å²) in [4.78, 5) is 31.7. The Balaban J connectivity index is 1.50. The lowest BCUT2D eigenvalue weighted by Gasteiger charge is -2.33. The topological polar surface area (TPSA) is 71.5 Å². The van der Waals surface area contributed by atoms with Gasteiger partial charge in [-0.3, -0.25) is 9.69 Å². The highest BCUT2D eigenvalue weighted by Gasteiger charge is 2.28. The van der Waals surface area contributed by atoms with E-state index >= 15 is 0 Å². The summed E-state index contributed by atoms with van der Waals surface area (Å²) in [5.74, 6) is -0.611. The molecule has 1 saturated heterocycles. The second-order valence-corrected chi connectivity index (χ2v) is 8.15. The summed E-state index contributed by atoms with van der Waals surface area (Å²) in [5, 5.41) is 3.94. The smallest absolute Gasteiger partial charge is 0.339 e. The molecular weight excluding hydrogens is 386 g/mol. The number of para-hydroxylation sites is 2. The molecule has 0 unspecified atom stereocenters. The van der Waals surface area contributed by atoms with E-state index in [2.05, 4.69) is 16.3 Å². The molecule has 7 heteroatoms. The number of carbonyl (C=O) groups is 2. The lowest BCUT2D eigenvalue weighted by Crippen LogP contribution is -2.39. The number of carbonyl (C=O) groups excluding carboxylic acids is 2. The van der Waals surface area contributed by atoms with Crippen molar-refractivity contribution in [2.75, 3.05) is 25.5 Å². The number of hydrogen-bond acceptors (Lipinski definition) is 6. The second kappa shape index (κ2) is 8.71. The largest absolute Gasteiger partial charge is 0.465 e. The van der Waals surface area contributed by atoms with E-state index in [1.165, 1.54) is 11.8 Å². The first-order valence-electron chi connectivity index (χ1n) is 9.72. The number of nitrogens with one attached hydrogen (secondary N) is 1. The van der Waals surface area contributed by atoms with E-state index in [0.29, 0.717) is 11.3 Å². The summed E-state index contributed by atoms with van der Waals surface area (Å²) in [7, 11) is 1.33. The maximum absolute atomic E-state index is 12.8. The average molecular weight is 410 g/mol. The number of likely N-dealkylation sites (tertiary alicyclic amines) is 1. The van der Waals surface area contributed by atoms with Gasteiger partial charge in [-0.1, -0.05) is 30.7 Å². The third-order valence-electron chi connectivity index (χ3n) is 5.16. The predicted molar refractivity (Wildman–Crippen MR) is 114 cm³/mol. The summed E-state index contributed by atoms with van der Waals surface area (Å²) < 4.78 is 5.98. The van der Waals surface area contributed by atoms with Crippen LogP contribution < -0.4 is 5.32 Å². The van der Waals surface area contributed by atoms with E-state index in [0.717, 1.165) is 36.3 Å². The van der Waals surface area contributed by atoms with Gasteiger partial charge in [-0.05, 0) is 43.7 Å². The van der Waals surface area contributed by atoms with Gasteiger partial charge in [0.1, 0.15) is 5.01 Å². The number of aromatic nitrogens is 1. The first kappa shape index (κ1) is 19.5. The first-order chi connectivity index (χ1) is 14.2. The van der Waals surface area contributed by atoms with Crippen LogP contribution >= 0.6 is 11.3 Å². The Morgan fingerprint density at radius 3 is 2.79 bits per heavy atom. The van der Waals surface area contributed by atoms with E-state index in [1.807, 2.05) is 18.2 Å². The second-order valence-electron chi connectivity index (χ2n) is 7.09. The number of rotatable bonds is 5. The Labute approximate surface area is 173 Å². The minimum Gasteiger partial charge on any atom is -0.465 e. The van der Waals surface area contributed by atoms with Crippen LogP contribution in [0.25, 0.3) is 10.2 Å². The predicted octanol–water partition coefficient (Wildman–Crippen LogP) is 4.25. The summed E-state index contributed by atoms with van der Waals surface area (Å²) in [6.45, 7) is 1.11. The standard InChI is InChI=1S/C22H23N3O3S/c1-28-22(27)15-8-2-3-9-16(15)23-20(26)14-25-13-7-6-11-18(25)21-24-17-10-4-5-12-19(17)29-21/h2-5,8-10,12,18H,6-7,11,13-14H2,1H3,(H,23,26)/t18-/m1/s1. The van der Waals surface area contributed by atoms with Gasteiger partial charge in [-0.2, -0.15) is 0 Å². The van der Waals surface area contributed by atoms with E-state index in [1.54, 1.807) is 35.6 Å². The number of thiazole rings is 1. The van der Waals surface area contributed by atoms with Crippen molar-refractivity contribution in [1.82, 2.24) is 9.88 Å². The van der Waals surface area contributed by atoms with Crippen LogP contribution in [0.1, 0.15) is 40.7 Å². The third-order valence-corrected chi connectivity index (χ3v) is 6.30. The quantitative estimate of drug-likeness (QED) is 0.638. The molecule has 1 fully saturated rings. The highest BCUT2D eigenvalue weighted by Crippen LogP contribution is 2.35. The fraction of sp³-hybridized carbons (Fsp3) is 0.318. The monoisotopic (exact) mass is 409 g/mol. The zero-order valence-electron chi connectivity index (χ0n) is 16.3. The third kappa shape index (κ3) is 4.31. The molecule has 2 heterocycles. The number of hydrogen-bond donors (Lipinski definition) is 1. The molecule has 1 aliphatic heterocycles. The van der Waals surface area contributed by atoms with Crippen LogP contribution in [-0.4, -0.2) is 42.0 Å². The zero-order chi connectivity index (χ0) is 20.2. The molecular formula is C22H23N3O3S. The number of fused-ring (bicyclic) bond motifs is 1. The molecule has 0 spiro atoms. The Morgan fingerprint density at radius 2 is 1.97 bits per heavy atom. The number of anilines is 1. The van der Waals surface area contributed by atoms with E-state index < -0.39 is 5.97 Å². The molecule has 1 aliphatic rings. The molecule has 0 bridgehead atoms. The van der Waals surface area contributed by atoms with Crippen molar-refractivity contribution < 1.29 is 14.3 Å². The molecule has 29 heavy (non-hydrogen) atoms. The van der Waals surface area contributed by atoms with Crippen LogP contribution in [0.5, 0.6) is 0 Å². The Kier molecular flexibility index (Phi) is 5.87. The zero-order valence-corrected chi connectivity index (χ0v) is 17.1. The molecule has 0 radical (unpaired) electrons. The molecule has 1 aromatic heterocycles. The van der Waals surface area contributed by atoms with Crippen LogP contribution in [0, 0.1) is 0 Å². The molecule has 1 atom stereocenters. The Morgan fingerprint density at radius 1 is 1.17 bits per heavy atom. The molecule has 3 aromatic rings. The lowest BCUT2D eigenvalue weighted by atomic mass is 10.0. The number of esters is 1. The molecule has 150 valence electrons. The van der Waals surface area contributed by atoms with Crippen molar-refractivity contribution in [2.45, 2.75) is 25.3 Å².